The van der Waals surface area contributed by atoms with Crippen molar-refractivity contribution in [1.82, 2.24) is 9.80 Å². The number of carboxylic acid groups (broad SMARTS) is 2. The molecule has 0 aliphatic rings. The number of phenolic OH excluding ortho intramolecular Hbond substituents is 2. The molecule has 4 N–H and O–H groups in total. The first-order valence-corrected chi connectivity index (χ1v) is 8.77. The topological polar surface area (TPSA) is 122 Å². The van der Waals surface area contributed by atoms with Crippen molar-refractivity contribution in [2.75, 3.05) is 26.2 Å². The molecule has 0 saturated heterocycles. The molecule has 0 aromatic heterocycles. The molecule has 9 heteroatoms. The van der Waals surface area contributed by atoms with Crippen molar-refractivity contribution in [3.63, 3.8) is 0 Å². The maximum atomic E-state index is 11.2. The number of para-hydroxylation sites is 2. The van der Waals surface area contributed by atoms with Crippen LogP contribution in [0.2, 0.25) is 0 Å². The van der Waals surface area contributed by atoms with Gasteiger partial charge in [-0.2, -0.15) is 0 Å². The average Bonchev–Trinajstić information content (AvgIpc) is 2.62. The van der Waals surface area contributed by atoms with Gasteiger partial charge in [0.15, 0.2) is 0 Å². The van der Waals surface area contributed by atoms with Gasteiger partial charge in [-0.25, -0.2) is 0 Å². The molecule has 0 amide bonds. The fraction of sp³-hybridized carbons (Fsp3) is 0.300. The number of carbonyl (C=O) groups is 2. The van der Waals surface area contributed by atoms with Crippen LogP contribution in [-0.4, -0.2) is 68.3 Å². The standard InChI is InChI=1S/C20H24N2O6.Tc/c23-17-7-3-1-5-15(17)11-21(13-19(25)26)9-10-22(14-20(27)28)12-16-6-2-4-8-18(16)24;/h1-8,23-24H,9-14H2,(H,25,26)(H,27,28);/i;1+1. The number of hydrogen-bond acceptors (Lipinski definition) is 6. The van der Waals surface area contributed by atoms with Crippen LogP contribution >= 0.6 is 0 Å². The van der Waals surface area contributed by atoms with Crippen LogP contribution in [-0.2, 0) is 42.8 Å². The Morgan fingerprint density at radius 1 is 0.690 bits per heavy atom. The molecule has 29 heavy (non-hydrogen) atoms. The smallest absolute Gasteiger partial charge is 0.317 e. The summed E-state index contributed by atoms with van der Waals surface area (Å²) in [4.78, 5) is 25.6. The number of hydrogen-bond donors (Lipinski definition) is 4. The van der Waals surface area contributed by atoms with Gasteiger partial charge in [-0.15, -0.1) is 0 Å². The first-order valence-electron chi connectivity index (χ1n) is 8.77. The van der Waals surface area contributed by atoms with Crippen molar-refractivity contribution in [2.24, 2.45) is 0 Å². The number of benzene rings is 2. The fourth-order valence-electron chi connectivity index (χ4n) is 2.86. The van der Waals surface area contributed by atoms with E-state index in [0.717, 1.165) is 0 Å². The van der Waals surface area contributed by atoms with E-state index in [2.05, 4.69) is 0 Å². The third-order valence-electron chi connectivity index (χ3n) is 4.22. The summed E-state index contributed by atoms with van der Waals surface area (Å²) >= 11 is 0. The molecule has 8 nitrogen and oxygen atoms in total. The minimum Gasteiger partial charge on any atom is -0.508 e. The maximum Gasteiger partial charge on any atom is 0.317 e. The Bertz CT molecular complexity index is 750. The van der Waals surface area contributed by atoms with E-state index >= 15 is 0 Å². The van der Waals surface area contributed by atoms with E-state index in [1.54, 1.807) is 46.2 Å². The zero-order valence-electron chi connectivity index (χ0n) is 15.7. The maximum absolute atomic E-state index is 11.2. The molecule has 0 atom stereocenters. The molecular formula is C20H24N2O6Tc. The summed E-state index contributed by atoms with van der Waals surface area (Å²) in [5.41, 5.74) is 1.18. The van der Waals surface area contributed by atoms with E-state index in [1.165, 1.54) is 12.1 Å². The first-order chi connectivity index (χ1) is 13.3. The Morgan fingerprint density at radius 2 is 1.03 bits per heavy atom. The normalized spacial score (nSPS) is 10.7. The van der Waals surface area contributed by atoms with Crippen LogP contribution < -0.4 is 0 Å². The van der Waals surface area contributed by atoms with Crippen molar-refractivity contribution in [3.05, 3.63) is 59.7 Å². The van der Waals surface area contributed by atoms with Crippen LogP contribution in [0.15, 0.2) is 48.5 Å². The predicted octanol–water partition coefficient (Wildman–Crippen LogP) is 1.57. The quantitative estimate of drug-likeness (QED) is 0.377. The Labute approximate surface area is 182 Å². The molecule has 2 rings (SSSR count). The van der Waals surface area contributed by atoms with Crippen molar-refractivity contribution in [1.29, 1.82) is 0 Å². The van der Waals surface area contributed by atoms with Gasteiger partial charge in [0.25, 0.3) is 0 Å². The van der Waals surface area contributed by atoms with Gasteiger partial charge in [0, 0.05) is 57.4 Å². The summed E-state index contributed by atoms with van der Waals surface area (Å²) in [6.07, 6.45) is 0. The van der Waals surface area contributed by atoms with E-state index in [9.17, 15) is 19.8 Å². The largest absolute Gasteiger partial charge is 0.508 e. The summed E-state index contributed by atoms with van der Waals surface area (Å²) in [6, 6.07) is 13.4. The van der Waals surface area contributed by atoms with Gasteiger partial charge in [-0.05, 0) is 12.1 Å². The van der Waals surface area contributed by atoms with Crippen LogP contribution in [0.25, 0.3) is 0 Å². The Kier molecular flexibility index (Phi) is 10.3. The molecule has 0 saturated carbocycles. The molecule has 0 unspecified atom stereocenters. The molecule has 2 aromatic carbocycles. The minimum absolute atomic E-state index is 0. The van der Waals surface area contributed by atoms with Gasteiger partial charge in [-0.1, -0.05) is 36.4 Å². The van der Waals surface area contributed by atoms with Crippen molar-refractivity contribution in [3.8, 4) is 11.5 Å². The van der Waals surface area contributed by atoms with Crippen molar-refractivity contribution < 1.29 is 50.1 Å². The number of aromatic hydroxyl groups is 2. The molecule has 0 bridgehead atoms. The summed E-state index contributed by atoms with van der Waals surface area (Å²) in [5, 5.41) is 38.2. The molecule has 0 fully saturated rings. The average molecular weight is 487 g/mol. The molecule has 157 valence electrons. The van der Waals surface area contributed by atoms with Crippen LogP contribution in [0.3, 0.4) is 0 Å². The Balaban J connectivity index is 0.00000420. The van der Waals surface area contributed by atoms with E-state index in [1.807, 2.05) is 0 Å². The zero-order chi connectivity index (χ0) is 20.5. The van der Waals surface area contributed by atoms with Crippen molar-refractivity contribution in [2.45, 2.75) is 13.1 Å². The third-order valence-corrected chi connectivity index (χ3v) is 4.22. The monoisotopic (exact) mass is 487 g/mol. The van der Waals surface area contributed by atoms with Crippen LogP contribution in [0.4, 0.5) is 0 Å². The van der Waals surface area contributed by atoms with Gasteiger partial charge < -0.3 is 20.4 Å². The predicted molar refractivity (Wildman–Crippen MR) is 102 cm³/mol. The van der Waals surface area contributed by atoms with E-state index in [0.29, 0.717) is 11.1 Å². The summed E-state index contributed by atoms with van der Waals surface area (Å²) in [7, 11) is 0. The Hall–Kier alpha value is -2.45. The van der Waals surface area contributed by atoms with Gasteiger partial charge in [0.1, 0.15) is 11.5 Å². The summed E-state index contributed by atoms with van der Waals surface area (Å²) in [5.74, 6) is -1.87. The molecule has 2 aromatic rings. The van der Waals surface area contributed by atoms with Crippen molar-refractivity contribution >= 4 is 11.9 Å². The second kappa shape index (κ2) is 12.2. The second-order valence-corrected chi connectivity index (χ2v) is 6.47. The Morgan fingerprint density at radius 3 is 1.34 bits per heavy atom. The minimum atomic E-state index is -1.01. The number of nitrogens with zero attached hydrogens (tertiary/aromatic N) is 2. The molecule has 0 heterocycles. The molecule has 1 radical (unpaired) electrons. The second-order valence-electron chi connectivity index (χ2n) is 6.47. The van der Waals surface area contributed by atoms with Crippen LogP contribution in [0.1, 0.15) is 11.1 Å². The van der Waals surface area contributed by atoms with Gasteiger partial charge in [-0.3, -0.25) is 19.4 Å². The van der Waals surface area contributed by atoms with E-state index in [-0.39, 0.29) is 70.9 Å². The number of phenols is 2. The van der Waals surface area contributed by atoms with Gasteiger partial charge in [0.05, 0.1) is 13.1 Å². The van der Waals surface area contributed by atoms with Gasteiger partial charge >= 0.3 is 11.9 Å². The zero-order valence-corrected chi connectivity index (χ0v) is 17.6. The van der Waals surface area contributed by atoms with E-state index in [4.69, 9.17) is 10.2 Å². The SMILES string of the molecule is O=C(O)CN(CCN(CC(=O)O)Cc1ccccc1O)Cc1ccccc1O.[99Tc]. The fourth-order valence-corrected chi connectivity index (χ4v) is 2.86. The number of carboxylic acids is 2. The number of aliphatic carboxylic acids is 2. The third kappa shape index (κ3) is 8.62. The number of rotatable bonds is 11. The first kappa shape index (κ1) is 24.6. The van der Waals surface area contributed by atoms with Crippen LogP contribution in [0.5, 0.6) is 11.5 Å². The van der Waals surface area contributed by atoms with E-state index < -0.39 is 11.9 Å². The molecule has 0 spiro atoms. The summed E-state index contributed by atoms with van der Waals surface area (Å²) in [6.45, 7) is 0.508. The molecular weight excluding hydrogens is 463 g/mol. The van der Waals surface area contributed by atoms with Crippen LogP contribution in [0, 0.1) is 0 Å². The van der Waals surface area contributed by atoms with Gasteiger partial charge in [0.2, 0.25) is 0 Å². The summed E-state index contributed by atoms with van der Waals surface area (Å²) < 4.78 is 0. The molecule has 0 aliphatic carbocycles. The molecule has 0 aliphatic heterocycles.